The second-order valence-electron chi connectivity index (χ2n) is 7.27. The van der Waals surface area contributed by atoms with Crippen molar-refractivity contribution < 1.29 is 13.2 Å². The minimum absolute atomic E-state index is 0.0514. The van der Waals surface area contributed by atoms with Gasteiger partial charge in [0.2, 0.25) is 0 Å². The molecular formula is C17H25F3N2. The van der Waals surface area contributed by atoms with Crippen molar-refractivity contribution in [3.63, 3.8) is 0 Å². The first kappa shape index (κ1) is 17.3. The molecule has 0 amide bonds. The van der Waals surface area contributed by atoms with Gasteiger partial charge in [0.25, 0.3) is 0 Å². The first-order valence-electron chi connectivity index (χ1n) is 7.77. The predicted molar refractivity (Wildman–Crippen MR) is 82.6 cm³/mol. The third kappa shape index (κ3) is 4.71. The first-order chi connectivity index (χ1) is 10.2. The third-order valence-corrected chi connectivity index (χ3v) is 3.92. The molecule has 0 unspecified atom stereocenters. The van der Waals surface area contributed by atoms with E-state index in [4.69, 9.17) is 0 Å². The van der Waals surface area contributed by atoms with Gasteiger partial charge < -0.3 is 5.32 Å². The van der Waals surface area contributed by atoms with Crippen LogP contribution in [0.2, 0.25) is 0 Å². The second-order valence-corrected chi connectivity index (χ2v) is 7.27. The van der Waals surface area contributed by atoms with Crippen molar-refractivity contribution in [2.45, 2.75) is 46.0 Å². The smallest absolute Gasteiger partial charge is 0.315 e. The van der Waals surface area contributed by atoms with Gasteiger partial charge in [-0.1, -0.05) is 39.0 Å². The fourth-order valence-electron chi connectivity index (χ4n) is 3.03. The molecule has 1 saturated heterocycles. The number of hydrogen-bond acceptors (Lipinski definition) is 2. The lowest BCUT2D eigenvalue weighted by molar-refractivity contribution is -0.138. The monoisotopic (exact) mass is 314 g/mol. The van der Waals surface area contributed by atoms with Crippen molar-refractivity contribution in [2.24, 2.45) is 5.41 Å². The largest absolute Gasteiger partial charge is 0.416 e. The molecule has 1 aromatic rings. The summed E-state index contributed by atoms with van der Waals surface area (Å²) < 4.78 is 39.5. The molecule has 0 saturated carbocycles. The minimum atomic E-state index is -4.29. The minimum Gasteiger partial charge on any atom is -0.315 e. The molecule has 0 aliphatic carbocycles. The number of benzene rings is 1. The molecule has 0 aromatic heterocycles. The highest BCUT2D eigenvalue weighted by Crippen LogP contribution is 2.33. The van der Waals surface area contributed by atoms with E-state index in [0.29, 0.717) is 18.2 Å². The highest BCUT2D eigenvalue weighted by Gasteiger charge is 2.34. The summed E-state index contributed by atoms with van der Waals surface area (Å²) in [7, 11) is 0. The van der Waals surface area contributed by atoms with E-state index in [2.05, 4.69) is 31.0 Å². The van der Waals surface area contributed by atoms with Crippen molar-refractivity contribution in [1.82, 2.24) is 10.2 Å². The molecule has 1 fully saturated rings. The summed E-state index contributed by atoms with van der Waals surface area (Å²) in [6.45, 7) is 9.29. The lowest BCUT2D eigenvalue weighted by Crippen LogP contribution is -2.41. The molecule has 0 radical (unpaired) electrons. The zero-order chi connectivity index (χ0) is 16.4. The van der Waals surface area contributed by atoms with Gasteiger partial charge >= 0.3 is 6.18 Å². The van der Waals surface area contributed by atoms with Gasteiger partial charge in [0.15, 0.2) is 0 Å². The topological polar surface area (TPSA) is 15.3 Å². The van der Waals surface area contributed by atoms with Gasteiger partial charge in [0.05, 0.1) is 5.56 Å². The highest BCUT2D eigenvalue weighted by molar-refractivity contribution is 5.29. The van der Waals surface area contributed by atoms with Gasteiger partial charge in [-0.25, -0.2) is 0 Å². The molecule has 1 aliphatic heterocycles. The zero-order valence-electron chi connectivity index (χ0n) is 13.5. The molecule has 1 atom stereocenters. The Morgan fingerprint density at radius 2 is 1.86 bits per heavy atom. The van der Waals surface area contributed by atoms with Crippen LogP contribution in [0, 0.1) is 5.41 Å². The average Bonchev–Trinajstić information content (AvgIpc) is 2.89. The number of alkyl halides is 3. The Hall–Kier alpha value is -1.07. The Morgan fingerprint density at radius 3 is 2.41 bits per heavy atom. The van der Waals surface area contributed by atoms with Crippen molar-refractivity contribution in [3.8, 4) is 0 Å². The number of halogens is 3. The van der Waals surface area contributed by atoms with Crippen molar-refractivity contribution >= 4 is 0 Å². The molecule has 124 valence electrons. The number of nitrogens with zero attached hydrogens (tertiary/aromatic N) is 1. The van der Waals surface area contributed by atoms with Crippen molar-refractivity contribution in [2.75, 3.05) is 19.6 Å². The lowest BCUT2D eigenvalue weighted by Gasteiger charge is -2.35. The molecule has 0 spiro atoms. The maximum atomic E-state index is 13.2. The van der Waals surface area contributed by atoms with Crippen LogP contribution in [-0.4, -0.2) is 30.6 Å². The van der Waals surface area contributed by atoms with E-state index in [1.165, 1.54) is 12.1 Å². The number of rotatable bonds is 4. The van der Waals surface area contributed by atoms with Gasteiger partial charge in [-0.3, -0.25) is 4.90 Å². The van der Waals surface area contributed by atoms with Crippen LogP contribution < -0.4 is 5.32 Å². The SMILES string of the molecule is CC(C)(C)CN(Cc1ccccc1C(F)(F)F)[C@H]1CCNC1. The van der Waals surface area contributed by atoms with Crippen LogP contribution in [0.1, 0.15) is 38.3 Å². The van der Waals surface area contributed by atoms with Crippen LogP contribution in [0.5, 0.6) is 0 Å². The van der Waals surface area contributed by atoms with Crippen molar-refractivity contribution in [1.29, 1.82) is 0 Å². The van der Waals surface area contributed by atoms with Gasteiger partial charge in [-0.2, -0.15) is 13.2 Å². The van der Waals surface area contributed by atoms with E-state index in [9.17, 15) is 13.2 Å². The average molecular weight is 314 g/mol. The van der Waals surface area contributed by atoms with Gasteiger partial charge in [0, 0.05) is 25.7 Å². The van der Waals surface area contributed by atoms with E-state index in [-0.39, 0.29) is 5.41 Å². The van der Waals surface area contributed by atoms with Crippen LogP contribution in [0.25, 0.3) is 0 Å². The summed E-state index contributed by atoms with van der Waals surface area (Å²) in [5.41, 5.74) is -0.0959. The third-order valence-electron chi connectivity index (χ3n) is 3.92. The number of nitrogens with one attached hydrogen (secondary N) is 1. The summed E-state index contributed by atoms with van der Waals surface area (Å²) in [6, 6.07) is 6.23. The summed E-state index contributed by atoms with van der Waals surface area (Å²) >= 11 is 0. The van der Waals surface area contributed by atoms with Crippen molar-refractivity contribution in [3.05, 3.63) is 35.4 Å². The van der Waals surface area contributed by atoms with Crippen LogP contribution in [0.15, 0.2) is 24.3 Å². The highest BCUT2D eigenvalue weighted by atomic mass is 19.4. The Bertz CT molecular complexity index is 485. The predicted octanol–water partition coefficient (Wildman–Crippen LogP) is 3.92. The number of hydrogen-bond donors (Lipinski definition) is 1. The van der Waals surface area contributed by atoms with Crippen LogP contribution in [0.4, 0.5) is 13.2 Å². The van der Waals surface area contributed by atoms with E-state index < -0.39 is 11.7 Å². The Balaban J connectivity index is 2.23. The summed E-state index contributed by atoms with van der Waals surface area (Å²) in [4.78, 5) is 2.20. The lowest BCUT2D eigenvalue weighted by atomic mass is 9.94. The molecule has 1 N–H and O–H groups in total. The van der Waals surface area contributed by atoms with Gasteiger partial charge in [0.1, 0.15) is 0 Å². The quantitative estimate of drug-likeness (QED) is 0.906. The molecule has 22 heavy (non-hydrogen) atoms. The molecule has 0 bridgehead atoms. The van der Waals surface area contributed by atoms with Gasteiger partial charge in [-0.15, -0.1) is 0 Å². The molecule has 1 heterocycles. The summed E-state index contributed by atoms with van der Waals surface area (Å²) in [5.74, 6) is 0. The maximum absolute atomic E-state index is 13.2. The van der Waals surface area contributed by atoms with E-state index in [1.807, 2.05) is 0 Å². The molecule has 5 heteroatoms. The van der Waals surface area contributed by atoms with E-state index in [0.717, 1.165) is 26.1 Å². The fourth-order valence-corrected chi connectivity index (χ4v) is 3.03. The Morgan fingerprint density at radius 1 is 1.18 bits per heavy atom. The molecule has 1 aromatic carbocycles. The molecule has 2 nitrogen and oxygen atoms in total. The maximum Gasteiger partial charge on any atom is 0.416 e. The summed E-state index contributed by atoms with van der Waals surface area (Å²) in [5, 5.41) is 3.31. The van der Waals surface area contributed by atoms with Crippen LogP contribution >= 0.6 is 0 Å². The Labute approximate surface area is 130 Å². The van der Waals surface area contributed by atoms with E-state index in [1.54, 1.807) is 12.1 Å². The molecule has 1 aliphatic rings. The molecular weight excluding hydrogens is 289 g/mol. The van der Waals surface area contributed by atoms with Crippen LogP contribution in [-0.2, 0) is 12.7 Å². The Kier molecular flexibility index (Phi) is 5.17. The molecule has 2 rings (SSSR count). The standard InChI is InChI=1S/C17H25F3N2/c1-16(2,3)12-22(14-8-9-21-10-14)11-13-6-4-5-7-15(13)17(18,19)20/h4-7,14,21H,8-12H2,1-3H3/t14-/m0/s1. The van der Waals surface area contributed by atoms with E-state index >= 15 is 0 Å². The fraction of sp³-hybridized carbons (Fsp3) is 0.647. The van der Waals surface area contributed by atoms with Gasteiger partial charge in [-0.05, 0) is 30.0 Å². The zero-order valence-corrected chi connectivity index (χ0v) is 13.5. The summed E-state index contributed by atoms with van der Waals surface area (Å²) in [6.07, 6.45) is -3.30. The van der Waals surface area contributed by atoms with Crippen LogP contribution in [0.3, 0.4) is 0 Å². The normalized spacial score (nSPS) is 19.9. The second kappa shape index (κ2) is 6.59. The first-order valence-corrected chi connectivity index (χ1v) is 7.77.